The zero-order chi connectivity index (χ0) is 13.4. The van der Waals surface area contributed by atoms with Crippen LogP contribution in [0.3, 0.4) is 0 Å². The van der Waals surface area contributed by atoms with E-state index in [2.05, 4.69) is 28.2 Å². The van der Waals surface area contributed by atoms with Gasteiger partial charge >= 0.3 is 0 Å². The summed E-state index contributed by atoms with van der Waals surface area (Å²) in [5.74, 6) is 0.0338. The number of hydrogen-bond donors (Lipinski definition) is 1. The molecular weight excluding hydrogens is 314 g/mol. The van der Waals surface area contributed by atoms with E-state index in [1.807, 2.05) is 12.1 Å². The number of anilines is 1. The van der Waals surface area contributed by atoms with Crippen LogP contribution in [-0.2, 0) is 4.79 Å². The predicted octanol–water partition coefficient (Wildman–Crippen LogP) is 5.40. The van der Waals surface area contributed by atoms with Crippen molar-refractivity contribution >= 4 is 39.1 Å². The summed E-state index contributed by atoms with van der Waals surface area (Å²) in [4.78, 5) is 11.7. The quantitative estimate of drug-likeness (QED) is 0.665. The Bertz CT molecular complexity index is 395. The van der Waals surface area contributed by atoms with E-state index in [1.165, 1.54) is 19.3 Å². The summed E-state index contributed by atoms with van der Waals surface area (Å²) in [5.41, 5.74) is 0.671. The number of amides is 1. The fourth-order valence-corrected chi connectivity index (χ4v) is 2.22. The van der Waals surface area contributed by atoms with Crippen molar-refractivity contribution in [2.45, 2.75) is 45.4 Å². The van der Waals surface area contributed by atoms with Crippen molar-refractivity contribution in [3.63, 3.8) is 0 Å². The first-order valence-electron chi connectivity index (χ1n) is 6.38. The fraction of sp³-hybridized carbons (Fsp3) is 0.500. The van der Waals surface area contributed by atoms with Gasteiger partial charge in [0.25, 0.3) is 0 Å². The number of carbonyl (C=O) groups excluding carboxylic acids is 1. The molecule has 1 N–H and O–H groups in total. The van der Waals surface area contributed by atoms with Crippen LogP contribution >= 0.6 is 27.5 Å². The molecule has 0 aromatic heterocycles. The third-order valence-corrected chi connectivity index (χ3v) is 3.53. The molecule has 0 atom stereocenters. The van der Waals surface area contributed by atoms with Crippen LogP contribution in [0.1, 0.15) is 45.4 Å². The minimum Gasteiger partial charge on any atom is -0.325 e. The molecule has 18 heavy (non-hydrogen) atoms. The highest BCUT2D eigenvalue weighted by molar-refractivity contribution is 9.10. The molecule has 1 aromatic carbocycles. The van der Waals surface area contributed by atoms with Gasteiger partial charge in [-0.2, -0.15) is 0 Å². The summed E-state index contributed by atoms with van der Waals surface area (Å²) >= 11 is 9.36. The fourth-order valence-electron chi connectivity index (χ4n) is 1.70. The lowest BCUT2D eigenvalue weighted by Crippen LogP contribution is -2.11. The molecule has 1 amide bonds. The maximum Gasteiger partial charge on any atom is 0.224 e. The molecule has 100 valence electrons. The number of nitrogens with one attached hydrogen (secondary N) is 1. The van der Waals surface area contributed by atoms with E-state index in [4.69, 9.17) is 11.6 Å². The smallest absolute Gasteiger partial charge is 0.224 e. The van der Waals surface area contributed by atoms with Gasteiger partial charge < -0.3 is 5.32 Å². The van der Waals surface area contributed by atoms with E-state index >= 15 is 0 Å². The van der Waals surface area contributed by atoms with E-state index in [0.717, 1.165) is 17.3 Å². The molecule has 0 aliphatic rings. The topological polar surface area (TPSA) is 29.1 Å². The van der Waals surface area contributed by atoms with Crippen LogP contribution in [0.2, 0.25) is 5.02 Å². The first-order chi connectivity index (χ1) is 8.63. The average molecular weight is 333 g/mol. The third-order valence-electron chi connectivity index (χ3n) is 2.71. The standard InChI is InChI=1S/C14H19BrClNO/c1-2-3-4-5-6-7-14(18)17-13-10-11(15)8-9-12(13)16/h8-10H,2-7H2,1H3,(H,17,18). The van der Waals surface area contributed by atoms with Gasteiger partial charge in [0, 0.05) is 10.9 Å². The van der Waals surface area contributed by atoms with Crippen LogP contribution in [0.5, 0.6) is 0 Å². The van der Waals surface area contributed by atoms with Crippen molar-refractivity contribution in [1.29, 1.82) is 0 Å². The number of rotatable bonds is 7. The first-order valence-corrected chi connectivity index (χ1v) is 7.55. The van der Waals surface area contributed by atoms with Gasteiger partial charge in [-0.15, -0.1) is 0 Å². The summed E-state index contributed by atoms with van der Waals surface area (Å²) in [6.45, 7) is 2.18. The number of carbonyl (C=O) groups is 1. The summed E-state index contributed by atoms with van der Waals surface area (Å²) in [6.07, 6.45) is 6.30. The van der Waals surface area contributed by atoms with Gasteiger partial charge in [-0.05, 0) is 24.6 Å². The first kappa shape index (κ1) is 15.5. The van der Waals surface area contributed by atoms with E-state index in [9.17, 15) is 4.79 Å². The Kier molecular flexibility index (Phi) is 7.36. The van der Waals surface area contributed by atoms with Crippen LogP contribution in [0.25, 0.3) is 0 Å². The van der Waals surface area contributed by atoms with Crippen molar-refractivity contribution in [2.24, 2.45) is 0 Å². The SMILES string of the molecule is CCCCCCCC(=O)Nc1cc(Br)ccc1Cl. The Labute approximate surface area is 122 Å². The van der Waals surface area contributed by atoms with Gasteiger partial charge in [0.05, 0.1) is 10.7 Å². The second-order valence-corrected chi connectivity index (χ2v) is 5.66. The zero-order valence-corrected chi connectivity index (χ0v) is 13.0. The molecule has 0 fully saturated rings. The van der Waals surface area contributed by atoms with Crippen molar-refractivity contribution in [1.82, 2.24) is 0 Å². The minimum absolute atomic E-state index is 0.0338. The van der Waals surface area contributed by atoms with Crippen molar-refractivity contribution in [3.05, 3.63) is 27.7 Å². The lowest BCUT2D eigenvalue weighted by molar-refractivity contribution is -0.116. The zero-order valence-electron chi connectivity index (χ0n) is 10.6. The van der Waals surface area contributed by atoms with Crippen molar-refractivity contribution in [2.75, 3.05) is 5.32 Å². The summed E-state index contributed by atoms with van der Waals surface area (Å²) in [7, 11) is 0. The molecule has 0 spiro atoms. The minimum atomic E-state index is 0.0338. The molecule has 0 heterocycles. The highest BCUT2D eigenvalue weighted by Crippen LogP contribution is 2.25. The number of benzene rings is 1. The van der Waals surface area contributed by atoms with Crippen LogP contribution in [0.15, 0.2) is 22.7 Å². The molecule has 4 heteroatoms. The molecule has 2 nitrogen and oxygen atoms in total. The maximum atomic E-state index is 11.7. The Balaban J connectivity index is 2.33. The molecule has 1 rings (SSSR count). The van der Waals surface area contributed by atoms with E-state index in [-0.39, 0.29) is 5.91 Å². The third kappa shape index (κ3) is 5.87. The van der Waals surface area contributed by atoms with Crippen LogP contribution in [-0.4, -0.2) is 5.91 Å². The molecule has 0 unspecified atom stereocenters. The van der Waals surface area contributed by atoms with Gasteiger partial charge in [-0.25, -0.2) is 0 Å². The van der Waals surface area contributed by atoms with Crippen LogP contribution < -0.4 is 5.32 Å². The summed E-state index contributed by atoms with van der Waals surface area (Å²) < 4.78 is 0.908. The molecule has 0 saturated heterocycles. The van der Waals surface area contributed by atoms with Crippen LogP contribution in [0, 0.1) is 0 Å². The van der Waals surface area contributed by atoms with Gasteiger partial charge in [-0.3, -0.25) is 4.79 Å². The molecule has 0 bridgehead atoms. The predicted molar refractivity (Wildman–Crippen MR) is 81.2 cm³/mol. The monoisotopic (exact) mass is 331 g/mol. The number of unbranched alkanes of at least 4 members (excludes halogenated alkanes) is 4. The second-order valence-electron chi connectivity index (χ2n) is 4.34. The lowest BCUT2D eigenvalue weighted by Gasteiger charge is -2.07. The Morgan fingerprint density at radius 2 is 2.00 bits per heavy atom. The van der Waals surface area contributed by atoms with E-state index in [0.29, 0.717) is 17.1 Å². The van der Waals surface area contributed by atoms with Crippen molar-refractivity contribution < 1.29 is 4.79 Å². The summed E-state index contributed by atoms with van der Waals surface area (Å²) in [5, 5.41) is 3.41. The second kappa shape index (κ2) is 8.54. The van der Waals surface area contributed by atoms with Gasteiger partial charge in [0.2, 0.25) is 5.91 Å². The van der Waals surface area contributed by atoms with E-state index in [1.54, 1.807) is 6.07 Å². The van der Waals surface area contributed by atoms with Crippen LogP contribution in [0.4, 0.5) is 5.69 Å². The molecule has 0 aliphatic heterocycles. The van der Waals surface area contributed by atoms with Gasteiger partial charge in [0.15, 0.2) is 0 Å². The lowest BCUT2D eigenvalue weighted by atomic mass is 10.1. The highest BCUT2D eigenvalue weighted by atomic mass is 79.9. The van der Waals surface area contributed by atoms with Gasteiger partial charge in [-0.1, -0.05) is 60.1 Å². The Hall–Kier alpha value is -0.540. The number of halogens is 2. The largest absolute Gasteiger partial charge is 0.325 e. The molecular formula is C14H19BrClNO. The number of hydrogen-bond acceptors (Lipinski definition) is 1. The maximum absolute atomic E-state index is 11.7. The average Bonchev–Trinajstić information content (AvgIpc) is 2.33. The molecule has 1 aromatic rings. The highest BCUT2D eigenvalue weighted by Gasteiger charge is 2.06. The normalized spacial score (nSPS) is 10.4. The Morgan fingerprint density at radius 3 is 2.72 bits per heavy atom. The van der Waals surface area contributed by atoms with Gasteiger partial charge in [0.1, 0.15) is 0 Å². The molecule has 0 saturated carbocycles. The Morgan fingerprint density at radius 1 is 1.28 bits per heavy atom. The molecule has 0 radical (unpaired) electrons. The molecule has 0 aliphatic carbocycles. The van der Waals surface area contributed by atoms with E-state index < -0.39 is 0 Å². The summed E-state index contributed by atoms with van der Waals surface area (Å²) in [6, 6.07) is 5.43. The van der Waals surface area contributed by atoms with Crippen molar-refractivity contribution in [3.8, 4) is 0 Å².